The van der Waals surface area contributed by atoms with Crippen molar-refractivity contribution in [3.05, 3.63) is 28.8 Å². The molecule has 1 aromatic rings. The number of nitrogens with one attached hydrogen (secondary N) is 1. The van der Waals surface area contributed by atoms with Crippen LogP contribution in [0.5, 0.6) is 0 Å². The van der Waals surface area contributed by atoms with Crippen molar-refractivity contribution in [1.82, 2.24) is 0 Å². The summed E-state index contributed by atoms with van der Waals surface area (Å²) in [5, 5.41) is 2.45. The average molecular weight is 329 g/mol. The third-order valence-electron chi connectivity index (χ3n) is 2.96. The van der Waals surface area contributed by atoms with Crippen molar-refractivity contribution < 1.29 is 18.0 Å². The SMILES string of the molecule is CC(C)C#CC1(C(F)(F)F)N=CC(=O)Nc2ccc(Cl)cc21. The molecule has 116 valence electrons. The zero-order valence-electron chi connectivity index (χ0n) is 11.8. The molecule has 0 aliphatic carbocycles. The summed E-state index contributed by atoms with van der Waals surface area (Å²) in [7, 11) is 0. The average Bonchev–Trinajstić information content (AvgIpc) is 2.53. The number of rotatable bonds is 0. The van der Waals surface area contributed by atoms with Gasteiger partial charge in [0, 0.05) is 22.2 Å². The molecule has 0 fully saturated rings. The van der Waals surface area contributed by atoms with E-state index < -0.39 is 17.6 Å². The van der Waals surface area contributed by atoms with E-state index in [2.05, 4.69) is 22.2 Å². The lowest BCUT2D eigenvalue weighted by molar-refractivity contribution is -0.170. The number of amides is 1. The van der Waals surface area contributed by atoms with E-state index in [4.69, 9.17) is 11.6 Å². The lowest BCUT2D eigenvalue weighted by atomic mass is 9.88. The number of benzene rings is 1. The van der Waals surface area contributed by atoms with Gasteiger partial charge in [-0.2, -0.15) is 13.2 Å². The minimum Gasteiger partial charge on any atom is -0.321 e. The third kappa shape index (κ3) is 2.95. The Kier molecular flexibility index (Phi) is 4.21. The minimum atomic E-state index is -4.81. The molecule has 2 rings (SSSR count). The van der Waals surface area contributed by atoms with Crippen LogP contribution < -0.4 is 5.32 Å². The molecule has 0 spiro atoms. The number of aliphatic imine (C=N–C) groups is 1. The maximum atomic E-state index is 13.8. The lowest BCUT2D eigenvalue weighted by Gasteiger charge is -2.28. The fourth-order valence-electron chi connectivity index (χ4n) is 1.96. The van der Waals surface area contributed by atoms with Gasteiger partial charge in [0.2, 0.25) is 5.54 Å². The summed E-state index contributed by atoms with van der Waals surface area (Å²) in [5.74, 6) is 3.66. The van der Waals surface area contributed by atoms with E-state index in [-0.39, 0.29) is 22.2 Å². The van der Waals surface area contributed by atoms with E-state index in [0.29, 0.717) is 6.21 Å². The number of hydrogen-bond donors (Lipinski definition) is 1. The van der Waals surface area contributed by atoms with E-state index in [9.17, 15) is 18.0 Å². The zero-order chi connectivity index (χ0) is 16.5. The molecule has 1 aliphatic heterocycles. The molecule has 1 heterocycles. The van der Waals surface area contributed by atoms with Gasteiger partial charge in [-0.25, -0.2) is 0 Å². The second-order valence-corrected chi connectivity index (χ2v) is 5.51. The van der Waals surface area contributed by atoms with Gasteiger partial charge in [0.05, 0.1) is 6.21 Å². The predicted octanol–water partition coefficient (Wildman–Crippen LogP) is 3.78. The summed E-state index contributed by atoms with van der Waals surface area (Å²) in [6.07, 6.45) is -4.20. The molecule has 0 saturated carbocycles. The first-order valence-corrected chi connectivity index (χ1v) is 6.79. The van der Waals surface area contributed by atoms with E-state index in [0.717, 1.165) is 6.07 Å². The van der Waals surface area contributed by atoms with Gasteiger partial charge >= 0.3 is 6.18 Å². The Balaban J connectivity index is 2.82. The van der Waals surface area contributed by atoms with Gasteiger partial charge in [0.1, 0.15) is 0 Å². The molecule has 7 heteroatoms. The zero-order valence-corrected chi connectivity index (χ0v) is 12.5. The Morgan fingerprint density at radius 3 is 2.64 bits per heavy atom. The van der Waals surface area contributed by atoms with Crippen LogP contribution in [0.3, 0.4) is 0 Å². The van der Waals surface area contributed by atoms with Crippen LogP contribution in [0.2, 0.25) is 5.02 Å². The summed E-state index contributed by atoms with van der Waals surface area (Å²) < 4.78 is 41.3. The van der Waals surface area contributed by atoms with Gasteiger partial charge in [-0.15, -0.1) is 0 Å². The molecule has 3 nitrogen and oxygen atoms in total. The first-order chi connectivity index (χ1) is 10.2. The highest BCUT2D eigenvalue weighted by molar-refractivity contribution is 6.33. The summed E-state index contributed by atoms with van der Waals surface area (Å²) >= 11 is 5.83. The quantitative estimate of drug-likeness (QED) is 0.723. The van der Waals surface area contributed by atoms with Crippen molar-refractivity contribution in [3.63, 3.8) is 0 Å². The second kappa shape index (κ2) is 5.65. The van der Waals surface area contributed by atoms with Crippen LogP contribution in [0.15, 0.2) is 23.2 Å². The molecule has 1 unspecified atom stereocenters. The minimum absolute atomic E-state index is 0.0118. The normalized spacial score (nSPS) is 20.8. The van der Waals surface area contributed by atoms with Crippen molar-refractivity contribution in [3.8, 4) is 11.8 Å². The predicted molar refractivity (Wildman–Crippen MR) is 78.9 cm³/mol. The highest BCUT2D eigenvalue weighted by atomic mass is 35.5. The van der Waals surface area contributed by atoms with Crippen molar-refractivity contribution in [2.45, 2.75) is 25.6 Å². The molecule has 0 bridgehead atoms. The number of fused-ring (bicyclic) bond motifs is 1. The molecular formula is C15H12ClF3N2O. The van der Waals surface area contributed by atoms with Gasteiger partial charge in [-0.05, 0) is 18.2 Å². The Hall–Kier alpha value is -2.00. The molecule has 0 aromatic heterocycles. The van der Waals surface area contributed by atoms with Crippen LogP contribution in [-0.2, 0) is 10.3 Å². The Morgan fingerprint density at radius 2 is 2.05 bits per heavy atom. The number of nitrogens with zero attached hydrogens (tertiary/aromatic N) is 1. The number of carbonyl (C=O) groups excluding carboxylic acids is 1. The first-order valence-electron chi connectivity index (χ1n) is 6.41. The number of halogens is 4. The van der Waals surface area contributed by atoms with Crippen LogP contribution in [0.25, 0.3) is 0 Å². The van der Waals surface area contributed by atoms with Gasteiger partial charge in [0.25, 0.3) is 5.91 Å². The number of hydrogen-bond acceptors (Lipinski definition) is 2. The summed E-state index contributed by atoms with van der Waals surface area (Å²) in [6.45, 7) is 3.33. The molecule has 0 saturated heterocycles. The van der Waals surface area contributed by atoms with E-state index in [1.54, 1.807) is 13.8 Å². The van der Waals surface area contributed by atoms with Crippen molar-refractivity contribution in [1.29, 1.82) is 0 Å². The Labute approximate surface area is 130 Å². The van der Waals surface area contributed by atoms with Gasteiger partial charge in [-0.1, -0.05) is 37.3 Å². The standard InChI is InChI=1S/C15H12ClF3N2O/c1-9(2)5-6-14(15(17,18)19)11-7-10(16)3-4-12(11)21-13(22)8-20-14/h3-4,7-9H,1-2H3,(H,21,22). The molecular weight excluding hydrogens is 317 g/mol. The Bertz CT molecular complexity index is 701. The topological polar surface area (TPSA) is 41.5 Å². The smallest absolute Gasteiger partial charge is 0.321 e. The van der Waals surface area contributed by atoms with Crippen molar-refractivity contribution >= 4 is 29.4 Å². The summed E-state index contributed by atoms with van der Waals surface area (Å²) in [4.78, 5) is 15.0. The van der Waals surface area contributed by atoms with E-state index in [1.807, 2.05) is 0 Å². The molecule has 1 amide bonds. The summed E-state index contributed by atoms with van der Waals surface area (Å²) in [6, 6.07) is 3.83. The van der Waals surface area contributed by atoms with Gasteiger partial charge in [0.15, 0.2) is 0 Å². The lowest BCUT2D eigenvalue weighted by Crippen LogP contribution is -2.39. The molecule has 1 atom stereocenters. The van der Waals surface area contributed by atoms with Crippen LogP contribution in [0, 0.1) is 17.8 Å². The highest BCUT2D eigenvalue weighted by Gasteiger charge is 2.57. The maximum Gasteiger partial charge on any atom is 0.429 e. The third-order valence-corrected chi connectivity index (χ3v) is 3.19. The van der Waals surface area contributed by atoms with Crippen LogP contribution in [-0.4, -0.2) is 18.3 Å². The van der Waals surface area contributed by atoms with Gasteiger partial charge in [-0.3, -0.25) is 9.79 Å². The number of alkyl halides is 3. The van der Waals surface area contributed by atoms with Crippen LogP contribution in [0.4, 0.5) is 18.9 Å². The van der Waals surface area contributed by atoms with Crippen LogP contribution in [0.1, 0.15) is 19.4 Å². The summed E-state index contributed by atoms with van der Waals surface area (Å²) in [5.41, 5.74) is -3.12. The molecule has 22 heavy (non-hydrogen) atoms. The van der Waals surface area contributed by atoms with E-state index in [1.165, 1.54) is 12.1 Å². The molecule has 1 N–H and O–H groups in total. The maximum absolute atomic E-state index is 13.8. The highest BCUT2D eigenvalue weighted by Crippen LogP contribution is 2.46. The second-order valence-electron chi connectivity index (χ2n) is 5.07. The number of anilines is 1. The first kappa shape index (κ1) is 16.4. The van der Waals surface area contributed by atoms with Crippen LogP contribution >= 0.6 is 11.6 Å². The fourth-order valence-corrected chi connectivity index (χ4v) is 2.13. The monoisotopic (exact) mass is 328 g/mol. The van der Waals surface area contributed by atoms with Crippen molar-refractivity contribution in [2.75, 3.05) is 5.32 Å². The fraction of sp³-hybridized carbons (Fsp3) is 0.333. The van der Waals surface area contributed by atoms with Gasteiger partial charge < -0.3 is 5.32 Å². The molecule has 1 aromatic carbocycles. The van der Waals surface area contributed by atoms with E-state index >= 15 is 0 Å². The molecule has 1 aliphatic rings. The largest absolute Gasteiger partial charge is 0.429 e. The Morgan fingerprint density at radius 1 is 1.36 bits per heavy atom. The number of carbonyl (C=O) groups is 1. The van der Waals surface area contributed by atoms with Crippen molar-refractivity contribution in [2.24, 2.45) is 10.9 Å². The molecule has 0 radical (unpaired) electrons.